The second kappa shape index (κ2) is 5.29. The van der Waals surface area contributed by atoms with E-state index in [1.165, 1.54) is 4.90 Å². The number of aryl methyl sites for hydroxylation is 1. The van der Waals surface area contributed by atoms with Gasteiger partial charge in [0.2, 0.25) is 0 Å². The van der Waals surface area contributed by atoms with Gasteiger partial charge in [-0.2, -0.15) is 0 Å². The maximum absolute atomic E-state index is 11.9. The Morgan fingerprint density at radius 2 is 2.00 bits per heavy atom. The minimum Gasteiger partial charge on any atom is -0.443 e. The second-order valence-corrected chi connectivity index (χ2v) is 5.28. The number of nitrogens with zero attached hydrogens (tertiary/aromatic N) is 1. The van der Waals surface area contributed by atoms with Crippen LogP contribution in [0.5, 0.6) is 0 Å². The van der Waals surface area contributed by atoms with Crippen LogP contribution in [-0.2, 0) is 11.2 Å². The summed E-state index contributed by atoms with van der Waals surface area (Å²) in [6.45, 7) is 7.57. The smallest absolute Gasteiger partial charge is 0.414 e. The zero-order chi connectivity index (χ0) is 13.9. The van der Waals surface area contributed by atoms with E-state index in [4.69, 9.17) is 10.5 Å². The Morgan fingerprint density at radius 1 is 1.39 bits per heavy atom. The van der Waals surface area contributed by atoms with Gasteiger partial charge in [-0.05, 0) is 44.9 Å². The van der Waals surface area contributed by atoms with Crippen molar-refractivity contribution in [2.45, 2.75) is 39.7 Å². The largest absolute Gasteiger partial charge is 0.443 e. The zero-order valence-corrected chi connectivity index (χ0v) is 11.8. The number of nitrogens with two attached hydrogens (primary N) is 1. The predicted octanol–water partition coefficient (Wildman–Crippen LogP) is 3.20. The number of anilines is 2. The SMILES string of the molecule is CCc1ccc(N(C)C(=O)OC(C)(C)C)cc1N. The minimum atomic E-state index is -0.500. The topological polar surface area (TPSA) is 55.6 Å². The monoisotopic (exact) mass is 250 g/mol. The summed E-state index contributed by atoms with van der Waals surface area (Å²) in [5.41, 5.74) is 7.93. The summed E-state index contributed by atoms with van der Waals surface area (Å²) in [7, 11) is 1.68. The van der Waals surface area contributed by atoms with Crippen molar-refractivity contribution in [1.29, 1.82) is 0 Å². The molecule has 18 heavy (non-hydrogen) atoms. The molecule has 2 N–H and O–H groups in total. The fourth-order valence-corrected chi connectivity index (χ4v) is 1.55. The van der Waals surface area contributed by atoms with Crippen molar-refractivity contribution in [3.05, 3.63) is 23.8 Å². The van der Waals surface area contributed by atoms with Crippen molar-refractivity contribution < 1.29 is 9.53 Å². The Morgan fingerprint density at radius 3 is 2.44 bits per heavy atom. The first-order valence-corrected chi connectivity index (χ1v) is 6.09. The molecular formula is C14H22N2O2. The molecular weight excluding hydrogens is 228 g/mol. The lowest BCUT2D eigenvalue weighted by Crippen LogP contribution is -2.34. The first-order valence-electron chi connectivity index (χ1n) is 6.09. The van der Waals surface area contributed by atoms with Crippen LogP contribution < -0.4 is 10.6 Å². The molecule has 0 saturated heterocycles. The average molecular weight is 250 g/mol. The van der Waals surface area contributed by atoms with E-state index in [-0.39, 0.29) is 6.09 Å². The lowest BCUT2D eigenvalue weighted by Gasteiger charge is -2.25. The fourth-order valence-electron chi connectivity index (χ4n) is 1.55. The maximum Gasteiger partial charge on any atom is 0.414 e. The molecule has 0 spiro atoms. The number of carbonyl (C=O) groups is 1. The van der Waals surface area contributed by atoms with E-state index < -0.39 is 5.60 Å². The number of ether oxygens (including phenoxy) is 1. The molecule has 0 aromatic heterocycles. The molecule has 1 amide bonds. The van der Waals surface area contributed by atoms with Gasteiger partial charge in [-0.3, -0.25) is 4.90 Å². The van der Waals surface area contributed by atoms with Gasteiger partial charge in [0.15, 0.2) is 0 Å². The molecule has 100 valence electrons. The highest BCUT2D eigenvalue weighted by Gasteiger charge is 2.20. The van der Waals surface area contributed by atoms with Crippen LogP contribution in [-0.4, -0.2) is 18.7 Å². The van der Waals surface area contributed by atoms with Gasteiger partial charge in [-0.25, -0.2) is 4.79 Å². The van der Waals surface area contributed by atoms with Gasteiger partial charge in [-0.15, -0.1) is 0 Å². The summed E-state index contributed by atoms with van der Waals surface area (Å²) >= 11 is 0. The van der Waals surface area contributed by atoms with Crippen LogP contribution in [0, 0.1) is 0 Å². The Balaban J connectivity index is 2.87. The summed E-state index contributed by atoms with van der Waals surface area (Å²) < 4.78 is 5.30. The standard InChI is InChI=1S/C14H22N2O2/c1-6-10-7-8-11(9-12(10)15)16(5)13(17)18-14(2,3)4/h7-9H,6,15H2,1-5H3. The maximum atomic E-state index is 11.9. The van der Waals surface area contributed by atoms with Crippen LogP contribution in [0.4, 0.5) is 16.2 Å². The minimum absolute atomic E-state index is 0.383. The Kier molecular flexibility index (Phi) is 4.22. The van der Waals surface area contributed by atoms with Crippen LogP contribution in [0.2, 0.25) is 0 Å². The number of hydrogen-bond acceptors (Lipinski definition) is 3. The lowest BCUT2D eigenvalue weighted by atomic mass is 10.1. The highest BCUT2D eigenvalue weighted by Crippen LogP contribution is 2.22. The lowest BCUT2D eigenvalue weighted by molar-refractivity contribution is 0.0589. The molecule has 0 radical (unpaired) electrons. The molecule has 4 nitrogen and oxygen atoms in total. The highest BCUT2D eigenvalue weighted by molar-refractivity contribution is 5.88. The molecule has 1 rings (SSSR count). The van der Waals surface area contributed by atoms with Crippen molar-refractivity contribution in [2.75, 3.05) is 17.7 Å². The van der Waals surface area contributed by atoms with Gasteiger partial charge in [0, 0.05) is 18.4 Å². The first-order chi connectivity index (χ1) is 8.24. The van der Waals surface area contributed by atoms with Crippen LogP contribution in [0.15, 0.2) is 18.2 Å². The summed E-state index contributed by atoms with van der Waals surface area (Å²) in [4.78, 5) is 13.3. The number of benzene rings is 1. The molecule has 0 heterocycles. The first kappa shape index (κ1) is 14.4. The number of hydrogen-bond donors (Lipinski definition) is 1. The normalized spacial score (nSPS) is 11.2. The van der Waals surface area contributed by atoms with Crippen LogP contribution >= 0.6 is 0 Å². The van der Waals surface area contributed by atoms with Crippen molar-refractivity contribution in [3.8, 4) is 0 Å². The van der Waals surface area contributed by atoms with E-state index in [1.54, 1.807) is 13.1 Å². The third-order valence-electron chi connectivity index (χ3n) is 2.57. The van der Waals surface area contributed by atoms with Crippen LogP contribution in [0.1, 0.15) is 33.3 Å². The van der Waals surface area contributed by atoms with Crippen molar-refractivity contribution in [2.24, 2.45) is 0 Å². The second-order valence-electron chi connectivity index (χ2n) is 5.28. The molecule has 0 aliphatic heterocycles. The fraction of sp³-hybridized carbons (Fsp3) is 0.500. The zero-order valence-electron chi connectivity index (χ0n) is 11.8. The van der Waals surface area contributed by atoms with Gasteiger partial charge in [0.05, 0.1) is 0 Å². The van der Waals surface area contributed by atoms with E-state index >= 15 is 0 Å². The molecule has 1 aromatic carbocycles. The molecule has 1 aromatic rings. The quantitative estimate of drug-likeness (QED) is 0.820. The predicted molar refractivity (Wildman–Crippen MR) is 74.9 cm³/mol. The molecule has 0 fully saturated rings. The number of rotatable bonds is 2. The number of carbonyl (C=O) groups excluding carboxylic acids is 1. The third kappa shape index (κ3) is 3.65. The van der Waals surface area contributed by atoms with Gasteiger partial charge in [0.25, 0.3) is 0 Å². The Labute approximate surface area is 109 Å². The number of nitrogen functional groups attached to an aromatic ring is 1. The van der Waals surface area contributed by atoms with Gasteiger partial charge >= 0.3 is 6.09 Å². The van der Waals surface area contributed by atoms with E-state index in [9.17, 15) is 4.79 Å². The molecule has 0 unspecified atom stereocenters. The molecule has 0 saturated carbocycles. The molecule has 0 aliphatic carbocycles. The molecule has 0 atom stereocenters. The Bertz CT molecular complexity index is 436. The van der Waals surface area contributed by atoms with E-state index in [0.29, 0.717) is 5.69 Å². The van der Waals surface area contributed by atoms with Crippen LogP contribution in [0.3, 0.4) is 0 Å². The molecule has 4 heteroatoms. The Hall–Kier alpha value is -1.71. The van der Waals surface area contributed by atoms with E-state index in [2.05, 4.69) is 0 Å². The summed E-state index contributed by atoms with van der Waals surface area (Å²) in [5, 5.41) is 0. The summed E-state index contributed by atoms with van der Waals surface area (Å²) in [5.74, 6) is 0. The van der Waals surface area contributed by atoms with E-state index in [0.717, 1.165) is 17.7 Å². The van der Waals surface area contributed by atoms with Gasteiger partial charge in [-0.1, -0.05) is 13.0 Å². The molecule has 0 bridgehead atoms. The van der Waals surface area contributed by atoms with Crippen molar-refractivity contribution >= 4 is 17.5 Å². The van der Waals surface area contributed by atoms with Crippen LogP contribution in [0.25, 0.3) is 0 Å². The average Bonchev–Trinajstić information content (AvgIpc) is 2.25. The highest BCUT2D eigenvalue weighted by atomic mass is 16.6. The van der Waals surface area contributed by atoms with E-state index in [1.807, 2.05) is 39.8 Å². The van der Waals surface area contributed by atoms with Crippen molar-refractivity contribution in [1.82, 2.24) is 0 Å². The van der Waals surface area contributed by atoms with Gasteiger partial charge < -0.3 is 10.5 Å². The number of amides is 1. The third-order valence-corrected chi connectivity index (χ3v) is 2.57. The summed E-state index contributed by atoms with van der Waals surface area (Å²) in [6, 6.07) is 5.60. The molecule has 0 aliphatic rings. The summed E-state index contributed by atoms with van der Waals surface area (Å²) in [6.07, 6.45) is 0.494. The van der Waals surface area contributed by atoms with Gasteiger partial charge in [0.1, 0.15) is 5.60 Å². The van der Waals surface area contributed by atoms with Crippen molar-refractivity contribution in [3.63, 3.8) is 0 Å².